The van der Waals surface area contributed by atoms with Gasteiger partial charge in [0.05, 0.1) is 12.8 Å². The molecule has 1 aromatic heterocycles. The van der Waals surface area contributed by atoms with E-state index in [4.69, 9.17) is 4.42 Å². The van der Waals surface area contributed by atoms with Crippen LogP contribution >= 0.6 is 0 Å². The summed E-state index contributed by atoms with van der Waals surface area (Å²) in [4.78, 5) is 16.6. The van der Waals surface area contributed by atoms with Crippen LogP contribution in [0.4, 0.5) is 5.69 Å². The van der Waals surface area contributed by atoms with Crippen LogP contribution in [0.5, 0.6) is 0 Å². The Bertz CT molecular complexity index is 678. The molecule has 1 amide bonds. The molecule has 0 bridgehead atoms. The molecule has 2 rings (SSSR count). The monoisotopic (exact) mass is 328 g/mol. The van der Waals surface area contributed by atoms with Crippen LogP contribution in [0.3, 0.4) is 0 Å². The minimum Gasteiger partial charge on any atom is -0.459 e. The highest BCUT2D eigenvalue weighted by molar-refractivity contribution is 6.02. The predicted octanol–water partition coefficient (Wildman–Crippen LogP) is 3.00. The maximum Gasteiger partial charge on any atom is 0.291 e. The third kappa shape index (κ3) is 5.46. The van der Waals surface area contributed by atoms with E-state index < -0.39 is 0 Å². The smallest absolute Gasteiger partial charge is 0.291 e. The highest BCUT2D eigenvalue weighted by atomic mass is 16.3. The summed E-state index contributed by atoms with van der Waals surface area (Å²) in [5.41, 5.74) is 1.72. The number of nitrogens with one attached hydrogen (secondary N) is 3. The lowest BCUT2D eigenvalue weighted by Crippen LogP contribution is -2.40. The van der Waals surface area contributed by atoms with E-state index >= 15 is 0 Å². The van der Waals surface area contributed by atoms with Crippen molar-refractivity contribution in [2.75, 3.05) is 11.9 Å². The van der Waals surface area contributed by atoms with Gasteiger partial charge in [-0.2, -0.15) is 0 Å². The second-order valence-electron chi connectivity index (χ2n) is 5.63. The fraction of sp³-hybridized carbons (Fsp3) is 0.333. The minimum atomic E-state index is -0.268. The first-order valence-electron chi connectivity index (χ1n) is 8.07. The minimum absolute atomic E-state index is 0.268. The number of amides is 1. The van der Waals surface area contributed by atoms with Crippen LogP contribution in [0.25, 0.3) is 0 Å². The van der Waals surface area contributed by atoms with E-state index in [1.165, 1.54) is 6.26 Å². The third-order valence-electron chi connectivity index (χ3n) is 3.12. The van der Waals surface area contributed by atoms with Crippen molar-refractivity contribution in [2.24, 2.45) is 4.99 Å². The number of guanidine groups is 1. The zero-order valence-electron chi connectivity index (χ0n) is 14.3. The molecular formula is C18H24N4O2. The number of furan rings is 1. The molecule has 0 unspecified atom stereocenters. The summed E-state index contributed by atoms with van der Waals surface area (Å²) < 4.78 is 5.09. The second-order valence-corrected chi connectivity index (χ2v) is 5.63. The molecule has 0 aliphatic rings. The van der Waals surface area contributed by atoms with Gasteiger partial charge in [0.2, 0.25) is 0 Å². The number of hydrogen-bond acceptors (Lipinski definition) is 3. The van der Waals surface area contributed by atoms with Crippen molar-refractivity contribution < 1.29 is 9.21 Å². The van der Waals surface area contributed by atoms with Crippen molar-refractivity contribution in [3.63, 3.8) is 0 Å². The molecule has 128 valence electrons. The van der Waals surface area contributed by atoms with Crippen LogP contribution in [0, 0.1) is 0 Å². The summed E-state index contributed by atoms with van der Waals surface area (Å²) in [5, 5.41) is 9.30. The van der Waals surface area contributed by atoms with E-state index in [1.807, 2.05) is 31.2 Å². The van der Waals surface area contributed by atoms with E-state index in [-0.39, 0.29) is 11.7 Å². The average molecular weight is 328 g/mol. The molecule has 24 heavy (non-hydrogen) atoms. The average Bonchev–Trinajstić information content (AvgIpc) is 3.07. The fourth-order valence-corrected chi connectivity index (χ4v) is 2.11. The standard InChI is InChI=1S/C18H24N4O2/c1-4-19-18(21-13(2)3)20-12-14-7-5-8-15(11-14)22-17(23)16-9-6-10-24-16/h5-11,13H,4,12H2,1-3H3,(H,22,23)(H2,19,20,21). The van der Waals surface area contributed by atoms with Gasteiger partial charge >= 0.3 is 0 Å². The molecule has 1 heterocycles. The van der Waals surface area contributed by atoms with Crippen molar-refractivity contribution in [1.82, 2.24) is 10.6 Å². The Morgan fingerprint density at radius 2 is 2.08 bits per heavy atom. The van der Waals surface area contributed by atoms with Crippen LogP contribution in [-0.4, -0.2) is 24.5 Å². The normalized spacial score (nSPS) is 11.4. The van der Waals surface area contributed by atoms with E-state index in [2.05, 4.69) is 34.8 Å². The highest BCUT2D eigenvalue weighted by Gasteiger charge is 2.08. The van der Waals surface area contributed by atoms with Crippen molar-refractivity contribution in [1.29, 1.82) is 0 Å². The molecule has 0 radical (unpaired) electrons. The maximum atomic E-state index is 12.0. The van der Waals surface area contributed by atoms with E-state index in [0.717, 1.165) is 18.1 Å². The summed E-state index contributed by atoms with van der Waals surface area (Å²) in [5.74, 6) is 0.793. The molecule has 2 aromatic rings. The van der Waals surface area contributed by atoms with E-state index in [9.17, 15) is 4.79 Å². The van der Waals surface area contributed by atoms with Crippen LogP contribution in [0.2, 0.25) is 0 Å². The lowest BCUT2D eigenvalue weighted by Gasteiger charge is -2.14. The number of hydrogen-bond donors (Lipinski definition) is 3. The molecule has 6 heteroatoms. The first-order valence-corrected chi connectivity index (χ1v) is 8.07. The number of anilines is 1. The van der Waals surface area contributed by atoms with Gasteiger partial charge in [0.15, 0.2) is 11.7 Å². The number of aliphatic imine (C=N–C) groups is 1. The molecular weight excluding hydrogens is 304 g/mol. The SMILES string of the molecule is CCNC(=NCc1cccc(NC(=O)c2ccco2)c1)NC(C)C. The molecule has 6 nitrogen and oxygen atoms in total. The van der Waals surface area contributed by atoms with Gasteiger partial charge in [-0.1, -0.05) is 12.1 Å². The summed E-state index contributed by atoms with van der Waals surface area (Å²) >= 11 is 0. The lowest BCUT2D eigenvalue weighted by molar-refractivity contribution is 0.0996. The molecule has 0 aliphatic heterocycles. The number of rotatable bonds is 6. The first kappa shape index (κ1) is 17.6. The molecule has 0 aliphatic carbocycles. The predicted molar refractivity (Wildman–Crippen MR) is 96.2 cm³/mol. The Labute approximate surface area is 142 Å². The van der Waals surface area contributed by atoms with Crippen molar-refractivity contribution in [3.8, 4) is 0 Å². The largest absolute Gasteiger partial charge is 0.459 e. The molecule has 0 spiro atoms. The topological polar surface area (TPSA) is 78.7 Å². The Morgan fingerprint density at radius 1 is 1.25 bits per heavy atom. The molecule has 0 saturated carbocycles. The van der Waals surface area contributed by atoms with Crippen LogP contribution in [-0.2, 0) is 6.54 Å². The molecule has 3 N–H and O–H groups in total. The highest BCUT2D eigenvalue weighted by Crippen LogP contribution is 2.13. The molecule has 0 fully saturated rings. The van der Waals surface area contributed by atoms with Crippen molar-refractivity contribution in [2.45, 2.75) is 33.4 Å². The van der Waals surface area contributed by atoms with Gasteiger partial charge in [0, 0.05) is 18.3 Å². The van der Waals surface area contributed by atoms with Gasteiger partial charge in [0.1, 0.15) is 0 Å². The zero-order chi connectivity index (χ0) is 17.4. The van der Waals surface area contributed by atoms with E-state index in [0.29, 0.717) is 18.3 Å². The Hall–Kier alpha value is -2.76. The summed E-state index contributed by atoms with van der Waals surface area (Å²) in [6.45, 7) is 7.49. The molecule has 0 atom stereocenters. The Morgan fingerprint density at radius 3 is 2.75 bits per heavy atom. The van der Waals surface area contributed by atoms with Crippen LogP contribution in [0.15, 0.2) is 52.1 Å². The number of carbonyl (C=O) groups excluding carboxylic acids is 1. The van der Waals surface area contributed by atoms with E-state index in [1.54, 1.807) is 12.1 Å². The molecule has 1 aromatic carbocycles. The number of carbonyl (C=O) groups is 1. The fourth-order valence-electron chi connectivity index (χ4n) is 2.11. The number of benzene rings is 1. The summed E-state index contributed by atoms with van der Waals surface area (Å²) in [6.07, 6.45) is 1.48. The summed E-state index contributed by atoms with van der Waals surface area (Å²) in [6, 6.07) is 11.2. The van der Waals surface area contributed by atoms with Gasteiger partial charge in [-0.05, 0) is 50.6 Å². The van der Waals surface area contributed by atoms with Crippen LogP contribution in [0.1, 0.15) is 36.9 Å². The van der Waals surface area contributed by atoms with Gasteiger partial charge < -0.3 is 20.4 Å². The molecule has 0 saturated heterocycles. The number of nitrogens with zero attached hydrogens (tertiary/aromatic N) is 1. The van der Waals surface area contributed by atoms with Crippen LogP contribution < -0.4 is 16.0 Å². The summed E-state index contributed by atoms with van der Waals surface area (Å²) in [7, 11) is 0. The van der Waals surface area contributed by atoms with Crippen molar-refractivity contribution >= 4 is 17.6 Å². The van der Waals surface area contributed by atoms with Gasteiger partial charge in [-0.25, -0.2) is 4.99 Å². The van der Waals surface area contributed by atoms with Gasteiger partial charge in [-0.3, -0.25) is 4.79 Å². The maximum absolute atomic E-state index is 12.0. The quantitative estimate of drug-likeness (QED) is 0.563. The van der Waals surface area contributed by atoms with Crippen molar-refractivity contribution in [3.05, 3.63) is 54.0 Å². The first-order chi connectivity index (χ1) is 11.6. The Balaban J connectivity index is 2.02. The third-order valence-corrected chi connectivity index (χ3v) is 3.12. The zero-order valence-corrected chi connectivity index (χ0v) is 14.3. The lowest BCUT2D eigenvalue weighted by atomic mass is 10.2. The van der Waals surface area contributed by atoms with Gasteiger partial charge in [-0.15, -0.1) is 0 Å². The second kappa shape index (κ2) is 8.76. The Kier molecular flexibility index (Phi) is 6.42. The van der Waals surface area contributed by atoms with Gasteiger partial charge in [0.25, 0.3) is 5.91 Å².